The van der Waals surface area contributed by atoms with Gasteiger partial charge in [0.05, 0.1) is 32.5 Å². The van der Waals surface area contributed by atoms with Gasteiger partial charge in [0.1, 0.15) is 11.6 Å². The second kappa shape index (κ2) is 13.9. The molecule has 3 heterocycles. The molecule has 0 unspecified atom stereocenters. The second-order valence-corrected chi connectivity index (χ2v) is 9.59. The molecule has 4 rings (SSSR count). The number of hydrogen-bond acceptors (Lipinski definition) is 12. The number of benzene rings is 1. The zero-order chi connectivity index (χ0) is 29.4. The number of aryl methyl sites for hydroxylation is 1. The number of nitrogens with zero attached hydrogens (tertiary/aromatic N) is 9. The molecule has 14 heteroatoms. The number of hydrogen-bond donors (Lipinski definition) is 3. The largest absolute Gasteiger partial charge is 0.497 e. The molecular weight excluding hydrogens is 528 g/mol. The second-order valence-electron chi connectivity index (χ2n) is 9.59. The minimum atomic E-state index is -0.727. The van der Waals surface area contributed by atoms with E-state index in [4.69, 9.17) is 24.9 Å². The molecule has 3 N–H and O–H groups in total. The van der Waals surface area contributed by atoms with Crippen LogP contribution in [0.2, 0.25) is 0 Å². The number of amides is 1. The molecule has 1 fully saturated rings. The molecule has 0 atom stereocenters. The summed E-state index contributed by atoms with van der Waals surface area (Å²) in [7, 11) is 5.44. The van der Waals surface area contributed by atoms with Crippen LogP contribution in [0.1, 0.15) is 5.82 Å². The lowest BCUT2D eigenvalue weighted by Crippen LogP contribution is -2.47. The summed E-state index contributed by atoms with van der Waals surface area (Å²) in [6.45, 7) is 7.98. The van der Waals surface area contributed by atoms with Gasteiger partial charge in [-0.05, 0) is 38.0 Å². The van der Waals surface area contributed by atoms with Gasteiger partial charge in [-0.15, -0.1) is 0 Å². The van der Waals surface area contributed by atoms with Crippen LogP contribution in [0.3, 0.4) is 0 Å². The number of fused-ring (bicyclic) bond motifs is 1. The average Bonchev–Trinajstić information content (AvgIpc) is 3.31. The van der Waals surface area contributed by atoms with Crippen LogP contribution in [0.25, 0.3) is 22.6 Å². The third-order valence-corrected chi connectivity index (χ3v) is 6.79. The van der Waals surface area contributed by atoms with E-state index in [1.54, 1.807) is 12.6 Å². The van der Waals surface area contributed by atoms with Crippen molar-refractivity contribution in [1.29, 1.82) is 0 Å². The first kappa shape index (κ1) is 29.7. The Balaban J connectivity index is 1.63. The average molecular weight is 565 g/mol. The molecular formula is C27H36N10O4. The maximum Gasteiger partial charge on any atom is 0.277 e. The number of rotatable bonds is 12. The first-order valence-corrected chi connectivity index (χ1v) is 13.1. The van der Waals surface area contributed by atoms with Gasteiger partial charge in [0, 0.05) is 57.7 Å². The SMILES string of the molecule is C=N/C=C(\C=NCN(C)Cc1nc2c(N3CCN(CCO)CC3)nc(-c3ccc(OC)cc3)nc2n1C)C(=O)NO. The normalized spacial score (nSPS) is 14.8. The first-order chi connectivity index (χ1) is 19.9. The zero-order valence-electron chi connectivity index (χ0n) is 23.6. The molecule has 0 saturated carbocycles. The number of aromatic nitrogens is 4. The van der Waals surface area contributed by atoms with Crippen molar-refractivity contribution in [2.75, 3.05) is 65.1 Å². The summed E-state index contributed by atoms with van der Waals surface area (Å²) in [6.07, 6.45) is 2.54. The van der Waals surface area contributed by atoms with Crippen LogP contribution in [0.15, 0.2) is 46.0 Å². The number of ether oxygens (including phenoxy) is 1. The van der Waals surface area contributed by atoms with Gasteiger partial charge in [0.2, 0.25) is 0 Å². The molecule has 1 aliphatic rings. The van der Waals surface area contributed by atoms with Gasteiger partial charge in [-0.2, -0.15) is 0 Å². The first-order valence-electron chi connectivity index (χ1n) is 13.1. The Hall–Kier alpha value is -4.24. The van der Waals surface area contributed by atoms with Crippen LogP contribution in [0.5, 0.6) is 5.75 Å². The molecule has 218 valence electrons. The third-order valence-electron chi connectivity index (χ3n) is 6.79. The van der Waals surface area contributed by atoms with Crippen molar-refractivity contribution in [2.45, 2.75) is 6.54 Å². The highest BCUT2D eigenvalue weighted by atomic mass is 16.5. The lowest BCUT2D eigenvalue weighted by atomic mass is 10.2. The minimum absolute atomic E-state index is 0.0729. The van der Waals surface area contributed by atoms with Crippen molar-refractivity contribution in [2.24, 2.45) is 17.0 Å². The van der Waals surface area contributed by atoms with Crippen LogP contribution in [-0.4, -0.2) is 119 Å². The molecule has 0 spiro atoms. The molecule has 1 amide bonds. The number of aliphatic hydroxyl groups is 1. The summed E-state index contributed by atoms with van der Waals surface area (Å²) in [5.41, 5.74) is 3.94. The molecule has 0 radical (unpaired) electrons. The highest BCUT2D eigenvalue weighted by Crippen LogP contribution is 2.29. The topological polar surface area (TPSA) is 157 Å². The summed E-state index contributed by atoms with van der Waals surface area (Å²) in [5, 5.41) is 18.2. The predicted molar refractivity (Wildman–Crippen MR) is 156 cm³/mol. The van der Waals surface area contributed by atoms with E-state index in [1.165, 1.54) is 12.4 Å². The Morgan fingerprint density at radius 3 is 2.56 bits per heavy atom. The molecule has 0 aliphatic carbocycles. The van der Waals surface area contributed by atoms with E-state index in [1.807, 2.05) is 47.8 Å². The summed E-state index contributed by atoms with van der Waals surface area (Å²) in [5.74, 6) is 2.17. The lowest BCUT2D eigenvalue weighted by Gasteiger charge is -2.35. The van der Waals surface area contributed by atoms with Gasteiger partial charge in [0.25, 0.3) is 5.91 Å². The highest BCUT2D eigenvalue weighted by molar-refractivity contribution is 6.11. The van der Waals surface area contributed by atoms with E-state index in [2.05, 4.69) is 26.5 Å². The van der Waals surface area contributed by atoms with Gasteiger partial charge < -0.3 is 19.3 Å². The van der Waals surface area contributed by atoms with Gasteiger partial charge in [-0.1, -0.05) is 0 Å². The van der Waals surface area contributed by atoms with Gasteiger partial charge in [-0.25, -0.2) is 20.4 Å². The smallest absolute Gasteiger partial charge is 0.277 e. The van der Waals surface area contributed by atoms with Crippen LogP contribution in [-0.2, 0) is 18.4 Å². The summed E-state index contributed by atoms with van der Waals surface area (Å²) in [4.78, 5) is 40.8. The number of anilines is 1. The number of carbonyl (C=O) groups is 1. The molecule has 1 aliphatic heterocycles. The highest BCUT2D eigenvalue weighted by Gasteiger charge is 2.24. The Bertz CT molecular complexity index is 1410. The van der Waals surface area contributed by atoms with Crippen LogP contribution in [0.4, 0.5) is 5.82 Å². The Morgan fingerprint density at radius 1 is 1.20 bits per heavy atom. The van der Waals surface area contributed by atoms with Crippen molar-refractivity contribution in [3.63, 3.8) is 0 Å². The quantitative estimate of drug-likeness (QED) is 0.124. The number of nitrogens with one attached hydrogen (secondary N) is 1. The fourth-order valence-electron chi connectivity index (χ4n) is 4.53. The number of carbonyl (C=O) groups excluding carboxylic acids is 1. The summed E-state index contributed by atoms with van der Waals surface area (Å²) in [6, 6.07) is 7.65. The number of imidazole rings is 1. The Kier molecular flexibility index (Phi) is 10.1. The standard InChI is InChI=1S/C27H36N10O4/c1-28-15-20(27(39)33-40)16-29-18-34(2)17-22-30-23-25(35(22)3)31-24(19-5-7-21(41-4)8-6-19)32-26(23)37-11-9-36(10-12-37)13-14-38/h5-8,15-16,38,40H,1,9-14,17-18H2,2-4H3,(H,33,39)/b20-15+,29-16?. The van der Waals surface area contributed by atoms with Gasteiger partial charge >= 0.3 is 0 Å². The van der Waals surface area contributed by atoms with E-state index in [-0.39, 0.29) is 18.8 Å². The van der Waals surface area contributed by atoms with Crippen LogP contribution in [0, 0.1) is 0 Å². The fourth-order valence-corrected chi connectivity index (χ4v) is 4.53. The van der Waals surface area contributed by atoms with Gasteiger partial charge in [-0.3, -0.25) is 29.8 Å². The molecule has 41 heavy (non-hydrogen) atoms. The number of aliphatic imine (C=N–C) groups is 2. The van der Waals surface area contributed by atoms with Crippen molar-refractivity contribution >= 4 is 35.8 Å². The molecule has 1 aromatic carbocycles. The summed E-state index contributed by atoms with van der Waals surface area (Å²) < 4.78 is 7.27. The van der Waals surface area contributed by atoms with E-state index in [9.17, 15) is 9.90 Å². The van der Waals surface area contributed by atoms with E-state index >= 15 is 0 Å². The van der Waals surface area contributed by atoms with E-state index in [0.717, 1.165) is 49.1 Å². The lowest BCUT2D eigenvalue weighted by molar-refractivity contribution is -0.124. The number of aliphatic hydroxyl groups excluding tert-OH is 1. The van der Waals surface area contributed by atoms with Crippen molar-refractivity contribution in [3.05, 3.63) is 41.9 Å². The van der Waals surface area contributed by atoms with E-state index in [0.29, 0.717) is 30.1 Å². The number of hydroxylamine groups is 1. The number of piperazine rings is 1. The van der Waals surface area contributed by atoms with Crippen molar-refractivity contribution < 1.29 is 19.8 Å². The number of β-amino-alcohol motifs (C(OH)–C–C–N with tert-alkyl or cyclic N) is 1. The minimum Gasteiger partial charge on any atom is -0.497 e. The fraction of sp³-hybridized carbons (Fsp3) is 0.407. The molecule has 1 saturated heterocycles. The van der Waals surface area contributed by atoms with Crippen molar-refractivity contribution in [1.82, 2.24) is 34.8 Å². The molecule has 3 aromatic rings. The van der Waals surface area contributed by atoms with E-state index < -0.39 is 5.91 Å². The maximum absolute atomic E-state index is 11.7. The zero-order valence-corrected chi connectivity index (χ0v) is 23.6. The summed E-state index contributed by atoms with van der Waals surface area (Å²) >= 11 is 0. The molecule has 0 bridgehead atoms. The van der Waals surface area contributed by atoms with Crippen LogP contribution < -0.4 is 15.1 Å². The van der Waals surface area contributed by atoms with Crippen molar-refractivity contribution in [3.8, 4) is 17.1 Å². The monoisotopic (exact) mass is 564 g/mol. The van der Waals surface area contributed by atoms with Crippen LogP contribution >= 0.6 is 0 Å². The predicted octanol–water partition coefficient (Wildman–Crippen LogP) is 0.703. The molecule has 2 aromatic heterocycles. The third kappa shape index (κ3) is 7.10. The Morgan fingerprint density at radius 2 is 1.93 bits per heavy atom. The van der Waals surface area contributed by atoms with Gasteiger partial charge in [0.15, 0.2) is 22.8 Å². The Labute approximate surface area is 238 Å². The maximum atomic E-state index is 11.7. The number of methoxy groups -OCH3 is 1. The molecule has 14 nitrogen and oxygen atoms in total.